The maximum absolute atomic E-state index is 12.1. The molecule has 1 N–H and O–H groups in total. The van der Waals surface area contributed by atoms with E-state index in [1.54, 1.807) is 6.92 Å². The van der Waals surface area contributed by atoms with Crippen LogP contribution in [-0.4, -0.2) is 60.4 Å². The minimum atomic E-state index is 0.112. The second-order valence-electron chi connectivity index (χ2n) is 6.34. The number of likely N-dealkylation sites (N-methyl/N-ethyl adjacent to an activating group) is 1. The summed E-state index contributed by atoms with van der Waals surface area (Å²) < 4.78 is 0. The van der Waals surface area contributed by atoms with Crippen LogP contribution in [0.2, 0.25) is 0 Å². The first-order chi connectivity index (χ1) is 9.47. The molecule has 2 amide bonds. The number of likely N-dealkylation sites (tertiary alicyclic amines) is 1. The minimum Gasteiger partial charge on any atom is -0.352 e. The van der Waals surface area contributed by atoms with E-state index in [1.807, 2.05) is 11.9 Å². The summed E-state index contributed by atoms with van der Waals surface area (Å²) in [6.45, 7) is 5.80. The number of nitrogens with zero attached hydrogens (tertiary/aromatic N) is 2. The van der Waals surface area contributed by atoms with Crippen molar-refractivity contribution in [2.45, 2.75) is 51.6 Å². The Labute approximate surface area is 121 Å². The van der Waals surface area contributed by atoms with Crippen LogP contribution >= 0.6 is 0 Å². The number of rotatable bonds is 5. The van der Waals surface area contributed by atoms with E-state index in [0.29, 0.717) is 12.6 Å². The molecule has 5 nitrogen and oxygen atoms in total. The summed E-state index contributed by atoms with van der Waals surface area (Å²) in [6, 6.07) is 0.725. The van der Waals surface area contributed by atoms with Crippen molar-refractivity contribution < 1.29 is 9.59 Å². The predicted molar refractivity (Wildman–Crippen MR) is 78.2 cm³/mol. The number of hydrogen-bond acceptors (Lipinski definition) is 3. The molecule has 1 heterocycles. The molecule has 1 unspecified atom stereocenters. The van der Waals surface area contributed by atoms with Crippen LogP contribution in [0, 0.1) is 5.92 Å². The third-order valence-corrected chi connectivity index (χ3v) is 4.70. The van der Waals surface area contributed by atoms with Gasteiger partial charge in [0.1, 0.15) is 0 Å². The van der Waals surface area contributed by atoms with Crippen LogP contribution in [0.3, 0.4) is 0 Å². The van der Waals surface area contributed by atoms with Crippen molar-refractivity contribution in [3.8, 4) is 0 Å². The third kappa shape index (κ3) is 4.20. The van der Waals surface area contributed by atoms with Crippen LogP contribution in [0.15, 0.2) is 0 Å². The highest BCUT2D eigenvalue weighted by Gasteiger charge is 2.31. The summed E-state index contributed by atoms with van der Waals surface area (Å²) in [5, 5.41) is 3.10. The van der Waals surface area contributed by atoms with Gasteiger partial charge in [-0.15, -0.1) is 0 Å². The molecule has 1 saturated carbocycles. The molecule has 5 heteroatoms. The van der Waals surface area contributed by atoms with Gasteiger partial charge in [-0.1, -0.05) is 0 Å². The first kappa shape index (κ1) is 15.3. The molecule has 2 aliphatic rings. The van der Waals surface area contributed by atoms with Crippen molar-refractivity contribution in [2.75, 3.05) is 26.7 Å². The second kappa shape index (κ2) is 6.57. The molecule has 0 aromatic heterocycles. The Hall–Kier alpha value is -1.10. The first-order valence-corrected chi connectivity index (χ1v) is 7.72. The van der Waals surface area contributed by atoms with Crippen molar-refractivity contribution in [1.29, 1.82) is 0 Å². The van der Waals surface area contributed by atoms with Crippen LogP contribution in [0.5, 0.6) is 0 Å². The Morgan fingerprint density at radius 2 is 1.85 bits per heavy atom. The fraction of sp³-hybridized carbons (Fsp3) is 0.867. The molecule has 1 aliphatic heterocycles. The van der Waals surface area contributed by atoms with Gasteiger partial charge in [-0.25, -0.2) is 0 Å². The molecule has 0 spiro atoms. The Kier molecular flexibility index (Phi) is 5.02. The van der Waals surface area contributed by atoms with E-state index in [-0.39, 0.29) is 17.9 Å². The zero-order chi connectivity index (χ0) is 14.7. The molecule has 2 fully saturated rings. The highest BCUT2D eigenvalue weighted by molar-refractivity contribution is 5.78. The largest absolute Gasteiger partial charge is 0.352 e. The van der Waals surface area contributed by atoms with E-state index in [9.17, 15) is 9.59 Å². The summed E-state index contributed by atoms with van der Waals surface area (Å²) in [7, 11) is 2.03. The number of piperidine rings is 1. The molecule has 0 radical (unpaired) electrons. The Bertz CT molecular complexity index is 360. The number of carbonyl (C=O) groups is 2. The molecular weight excluding hydrogens is 254 g/mol. The van der Waals surface area contributed by atoms with E-state index in [4.69, 9.17) is 0 Å². The lowest BCUT2D eigenvalue weighted by molar-refractivity contribution is -0.130. The standard InChI is InChI=1S/C15H27N3O2/c1-11(13-4-5-13)17(3)10-15(20)16-14-6-8-18(9-7-14)12(2)19/h11,13-14H,4-10H2,1-3H3,(H,16,20). The fourth-order valence-corrected chi connectivity index (χ4v) is 2.92. The smallest absolute Gasteiger partial charge is 0.234 e. The van der Waals surface area contributed by atoms with Gasteiger partial charge in [0.25, 0.3) is 0 Å². The van der Waals surface area contributed by atoms with Crippen molar-refractivity contribution >= 4 is 11.8 Å². The van der Waals surface area contributed by atoms with Crippen molar-refractivity contribution in [1.82, 2.24) is 15.1 Å². The Morgan fingerprint density at radius 3 is 2.35 bits per heavy atom. The zero-order valence-electron chi connectivity index (χ0n) is 12.9. The third-order valence-electron chi connectivity index (χ3n) is 4.70. The van der Waals surface area contributed by atoms with Gasteiger partial charge in [0.2, 0.25) is 11.8 Å². The first-order valence-electron chi connectivity index (χ1n) is 7.72. The molecule has 1 aliphatic carbocycles. The highest BCUT2D eigenvalue weighted by Crippen LogP contribution is 2.34. The molecule has 20 heavy (non-hydrogen) atoms. The maximum atomic E-state index is 12.1. The maximum Gasteiger partial charge on any atom is 0.234 e. The molecule has 0 aromatic carbocycles. The normalized spacial score (nSPS) is 21.9. The lowest BCUT2D eigenvalue weighted by Gasteiger charge is -2.32. The lowest BCUT2D eigenvalue weighted by atomic mass is 10.0. The quantitative estimate of drug-likeness (QED) is 0.812. The van der Waals surface area contributed by atoms with Gasteiger partial charge in [0, 0.05) is 32.1 Å². The number of carbonyl (C=O) groups excluding carboxylic acids is 2. The summed E-state index contributed by atoms with van der Waals surface area (Å²) in [5.74, 6) is 1.03. The molecular formula is C15H27N3O2. The van der Waals surface area contributed by atoms with E-state index in [1.165, 1.54) is 12.8 Å². The molecule has 1 atom stereocenters. The van der Waals surface area contributed by atoms with Crippen molar-refractivity contribution in [2.24, 2.45) is 5.92 Å². The Balaban J connectivity index is 1.68. The summed E-state index contributed by atoms with van der Waals surface area (Å²) in [4.78, 5) is 27.3. The van der Waals surface area contributed by atoms with E-state index in [0.717, 1.165) is 31.8 Å². The average molecular weight is 281 g/mol. The number of nitrogens with one attached hydrogen (secondary N) is 1. The average Bonchev–Trinajstić information content (AvgIpc) is 3.22. The summed E-state index contributed by atoms with van der Waals surface area (Å²) in [5.41, 5.74) is 0. The second-order valence-corrected chi connectivity index (χ2v) is 6.34. The van der Waals surface area contributed by atoms with E-state index >= 15 is 0 Å². The monoisotopic (exact) mass is 281 g/mol. The van der Waals surface area contributed by atoms with Crippen LogP contribution in [0.1, 0.15) is 39.5 Å². The number of hydrogen-bond donors (Lipinski definition) is 1. The Morgan fingerprint density at radius 1 is 1.25 bits per heavy atom. The summed E-state index contributed by atoms with van der Waals surface area (Å²) in [6.07, 6.45) is 4.34. The summed E-state index contributed by atoms with van der Waals surface area (Å²) >= 11 is 0. The molecule has 0 bridgehead atoms. The molecule has 114 valence electrons. The van der Waals surface area contributed by atoms with Gasteiger partial charge in [0.15, 0.2) is 0 Å². The zero-order valence-corrected chi connectivity index (χ0v) is 12.9. The lowest BCUT2D eigenvalue weighted by Crippen LogP contribution is -2.48. The van der Waals surface area contributed by atoms with Gasteiger partial charge >= 0.3 is 0 Å². The fourth-order valence-electron chi connectivity index (χ4n) is 2.92. The van der Waals surface area contributed by atoms with Gasteiger partial charge in [-0.2, -0.15) is 0 Å². The van der Waals surface area contributed by atoms with Crippen LogP contribution in [0.25, 0.3) is 0 Å². The van der Waals surface area contributed by atoms with E-state index in [2.05, 4.69) is 17.1 Å². The van der Waals surface area contributed by atoms with Gasteiger partial charge in [-0.05, 0) is 45.6 Å². The van der Waals surface area contributed by atoms with Gasteiger partial charge in [0.05, 0.1) is 6.54 Å². The topological polar surface area (TPSA) is 52.7 Å². The molecule has 0 aromatic rings. The van der Waals surface area contributed by atoms with Crippen molar-refractivity contribution in [3.63, 3.8) is 0 Å². The minimum absolute atomic E-state index is 0.112. The van der Waals surface area contributed by atoms with Crippen LogP contribution in [0.4, 0.5) is 0 Å². The predicted octanol–water partition coefficient (Wildman–Crippen LogP) is 0.844. The van der Waals surface area contributed by atoms with Crippen LogP contribution < -0.4 is 5.32 Å². The van der Waals surface area contributed by atoms with Crippen LogP contribution in [-0.2, 0) is 9.59 Å². The number of amides is 2. The van der Waals surface area contributed by atoms with E-state index < -0.39 is 0 Å². The van der Waals surface area contributed by atoms with Crippen molar-refractivity contribution in [3.05, 3.63) is 0 Å². The molecule has 1 saturated heterocycles. The SMILES string of the molecule is CC(=O)N1CCC(NC(=O)CN(C)C(C)C2CC2)CC1. The van der Waals surface area contributed by atoms with Gasteiger partial charge in [-0.3, -0.25) is 14.5 Å². The highest BCUT2D eigenvalue weighted by atomic mass is 16.2. The molecule has 2 rings (SSSR count). The van der Waals surface area contributed by atoms with Gasteiger partial charge < -0.3 is 10.2 Å².